The first-order valence-electron chi connectivity index (χ1n) is 8.96. The van der Waals surface area contributed by atoms with Crippen molar-refractivity contribution in [3.8, 4) is 5.75 Å². The number of hydrogen-bond acceptors (Lipinski definition) is 7. The number of ketones is 1. The number of furan rings is 1. The molecule has 1 aromatic heterocycles. The largest absolute Gasteiger partial charge is 0.475 e. The van der Waals surface area contributed by atoms with E-state index in [2.05, 4.69) is 0 Å². The van der Waals surface area contributed by atoms with Crippen molar-refractivity contribution >= 4 is 29.6 Å². The van der Waals surface area contributed by atoms with Gasteiger partial charge in [0.25, 0.3) is 5.69 Å². The third-order valence-electron chi connectivity index (χ3n) is 4.21. The first kappa shape index (κ1) is 21.5. The molecular weight excluding hydrogens is 406 g/mol. The van der Waals surface area contributed by atoms with Crippen LogP contribution in [-0.2, 0) is 4.74 Å². The van der Waals surface area contributed by atoms with Gasteiger partial charge in [0.1, 0.15) is 17.1 Å². The summed E-state index contributed by atoms with van der Waals surface area (Å²) in [4.78, 5) is 35.1. The second-order valence-electron chi connectivity index (χ2n) is 6.22. The Balaban J connectivity index is 2.12. The van der Waals surface area contributed by atoms with Crippen LogP contribution in [0, 0.1) is 10.1 Å². The molecule has 1 N–H and O–H groups in total. The van der Waals surface area contributed by atoms with E-state index in [9.17, 15) is 19.7 Å². The molecule has 0 atom stereocenters. The second kappa shape index (κ2) is 9.51. The molecule has 0 spiro atoms. The molecule has 3 aromatic rings. The molecular formula is C22H17NO8. The number of carbonyl (C=O) groups excluding carboxylic acids is 1. The lowest BCUT2D eigenvalue weighted by Crippen LogP contribution is -2.11. The minimum atomic E-state index is -1.21. The Morgan fingerprint density at radius 1 is 1.10 bits per heavy atom. The fraction of sp³-hybridized carbons (Fsp3) is 0.0909. The number of carboxylic acids is 1. The molecule has 0 amide bonds. The predicted octanol–water partition coefficient (Wildman–Crippen LogP) is 4.27. The zero-order chi connectivity index (χ0) is 22.4. The van der Waals surface area contributed by atoms with Crippen molar-refractivity contribution in [3.05, 3.63) is 92.9 Å². The smallest absolute Gasteiger partial charge is 0.371 e. The van der Waals surface area contributed by atoms with E-state index in [1.54, 1.807) is 30.3 Å². The second-order valence-corrected chi connectivity index (χ2v) is 6.22. The van der Waals surface area contributed by atoms with Crippen LogP contribution in [-0.4, -0.2) is 35.7 Å². The lowest BCUT2D eigenvalue weighted by atomic mass is 9.97. The van der Waals surface area contributed by atoms with Gasteiger partial charge in [0.05, 0.1) is 4.92 Å². The molecule has 0 saturated heterocycles. The molecule has 1 heterocycles. The minimum Gasteiger partial charge on any atom is -0.475 e. The number of rotatable bonds is 9. The standard InChI is InChI=1S/C22H17NO8/c1-29-13-30-21-15(7-9-16-10-12-18(31-16)22(25)26)8-11-17(23(27)28)19(21)20(24)14-5-3-2-4-6-14/h2-12H,13H2,1H3,(H,25,26). The Kier molecular flexibility index (Phi) is 6.58. The molecule has 31 heavy (non-hydrogen) atoms. The van der Waals surface area contributed by atoms with E-state index in [-0.39, 0.29) is 35.2 Å². The van der Waals surface area contributed by atoms with Gasteiger partial charge in [-0.3, -0.25) is 14.9 Å². The van der Waals surface area contributed by atoms with E-state index in [1.165, 1.54) is 43.5 Å². The van der Waals surface area contributed by atoms with E-state index in [4.69, 9.17) is 19.0 Å². The Morgan fingerprint density at radius 2 is 1.84 bits per heavy atom. The van der Waals surface area contributed by atoms with Gasteiger partial charge in [-0.2, -0.15) is 0 Å². The average molecular weight is 423 g/mol. The molecule has 9 nitrogen and oxygen atoms in total. The maximum atomic E-state index is 13.1. The molecule has 0 bridgehead atoms. The van der Waals surface area contributed by atoms with Gasteiger partial charge >= 0.3 is 5.97 Å². The lowest BCUT2D eigenvalue weighted by Gasteiger charge is -2.13. The van der Waals surface area contributed by atoms with Crippen molar-refractivity contribution in [1.82, 2.24) is 0 Å². The number of hydrogen-bond donors (Lipinski definition) is 1. The molecule has 0 saturated carbocycles. The number of nitro benzene ring substituents is 1. The van der Waals surface area contributed by atoms with Crippen molar-refractivity contribution in [2.45, 2.75) is 0 Å². The van der Waals surface area contributed by atoms with Crippen molar-refractivity contribution in [2.75, 3.05) is 13.9 Å². The maximum absolute atomic E-state index is 13.1. The van der Waals surface area contributed by atoms with Gasteiger partial charge in [0.2, 0.25) is 11.5 Å². The van der Waals surface area contributed by atoms with Gasteiger partial charge in [-0.1, -0.05) is 30.3 Å². The molecule has 0 unspecified atom stereocenters. The quantitative estimate of drug-likeness (QED) is 0.234. The van der Waals surface area contributed by atoms with Crippen LogP contribution in [0.3, 0.4) is 0 Å². The lowest BCUT2D eigenvalue weighted by molar-refractivity contribution is -0.385. The molecule has 2 aromatic carbocycles. The summed E-state index contributed by atoms with van der Waals surface area (Å²) in [6.07, 6.45) is 2.96. The first-order chi connectivity index (χ1) is 14.9. The normalized spacial score (nSPS) is 10.9. The summed E-state index contributed by atoms with van der Waals surface area (Å²) in [6.45, 7) is -0.249. The van der Waals surface area contributed by atoms with Crippen molar-refractivity contribution in [3.63, 3.8) is 0 Å². The summed E-state index contributed by atoms with van der Waals surface area (Å²) in [5.74, 6) is -1.83. The molecule has 0 fully saturated rings. The average Bonchev–Trinajstić information content (AvgIpc) is 3.25. The van der Waals surface area contributed by atoms with Crippen LogP contribution >= 0.6 is 0 Å². The van der Waals surface area contributed by atoms with Gasteiger partial charge in [-0.05, 0) is 30.4 Å². The zero-order valence-corrected chi connectivity index (χ0v) is 16.3. The zero-order valence-electron chi connectivity index (χ0n) is 16.3. The summed E-state index contributed by atoms with van der Waals surface area (Å²) >= 11 is 0. The van der Waals surface area contributed by atoms with Crippen LogP contribution in [0.15, 0.2) is 59.0 Å². The number of benzene rings is 2. The maximum Gasteiger partial charge on any atom is 0.371 e. The summed E-state index contributed by atoms with van der Waals surface area (Å²) in [5.41, 5.74) is -0.0364. The molecule has 0 aliphatic heterocycles. The summed E-state index contributed by atoms with van der Waals surface area (Å²) in [6, 6.07) is 13.5. The number of ether oxygens (including phenoxy) is 2. The van der Waals surface area contributed by atoms with Crippen molar-refractivity contribution < 1.29 is 33.5 Å². The number of methoxy groups -OCH3 is 1. The van der Waals surface area contributed by atoms with Crippen molar-refractivity contribution in [2.24, 2.45) is 0 Å². The van der Waals surface area contributed by atoms with Gasteiger partial charge < -0.3 is 19.0 Å². The fourth-order valence-corrected chi connectivity index (χ4v) is 2.83. The minimum absolute atomic E-state index is 0.0360. The molecule has 0 aliphatic carbocycles. The van der Waals surface area contributed by atoms with Crippen molar-refractivity contribution in [1.29, 1.82) is 0 Å². The number of carbonyl (C=O) groups is 2. The molecule has 0 radical (unpaired) electrons. The van der Waals surface area contributed by atoms with E-state index in [1.807, 2.05) is 0 Å². The van der Waals surface area contributed by atoms with Crippen LogP contribution in [0.25, 0.3) is 12.2 Å². The monoisotopic (exact) mass is 423 g/mol. The third kappa shape index (κ3) is 4.85. The SMILES string of the molecule is COCOc1c(C=Cc2ccc(C(=O)O)o2)ccc([N+](=O)[O-])c1C(=O)c1ccccc1. The van der Waals surface area contributed by atoms with E-state index in [0.29, 0.717) is 5.56 Å². The number of aromatic carboxylic acids is 1. The van der Waals surface area contributed by atoms with E-state index >= 15 is 0 Å². The topological polar surface area (TPSA) is 129 Å². The first-order valence-corrected chi connectivity index (χ1v) is 8.96. The highest BCUT2D eigenvalue weighted by Gasteiger charge is 2.28. The Bertz CT molecular complexity index is 1150. The highest BCUT2D eigenvalue weighted by molar-refractivity contribution is 6.14. The number of nitrogens with zero attached hydrogens (tertiary/aromatic N) is 1. The molecule has 0 aliphatic rings. The molecule has 158 valence electrons. The Morgan fingerprint density at radius 3 is 2.45 bits per heavy atom. The van der Waals surface area contributed by atoms with Crippen LogP contribution in [0.2, 0.25) is 0 Å². The highest BCUT2D eigenvalue weighted by atomic mass is 16.7. The number of nitro groups is 1. The molecule has 3 rings (SSSR count). The van der Waals surface area contributed by atoms with Gasteiger partial charge in [0, 0.05) is 24.3 Å². The van der Waals surface area contributed by atoms with Gasteiger partial charge in [0.15, 0.2) is 6.79 Å². The Hall–Kier alpha value is -4.24. The predicted molar refractivity (Wildman–Crippen MR) is 110 cm³/mol. The van der Waals surface area contributed by atoms with E-state index in [0.717, 1.165) is 0 Å². The highest BCUT2D eigenvalue weighted by Crippen LogP contribution is 2.35. The molecule has 9 heteroatoms. The Labute approximate surface area is 176 Å². The van der Waals surface area contributed by atoms with Crippen LogP contribution in [0.1, 0.15) is 37.8 Å². The third-order valence-corrected chi connectivity index (χ3v) is 4.21. The van der Waals surface area contributed by atoms with Crippen LogP contribution in [0.5, 0.6) is 5.75 Å². The van der Waals surface area contributed by atoms with Crippen LogP contribution < -0.4 is 4.74 Å². The summed E-state index contributed by atoms with van der Waals surface area (Å²) in [5, 5.41) is 20.6. The van der Waals surface area contributed by atoms with Gasteiger partial charge in [-0.25, -0.2) is 4.79 Å². The summed E-state index contributed by atoms with van der Waals surface area (Å²) in [7, 11) is 1.38. The van der Waals surface area contributed by atoms with E-state index < -0.39 is 22.4 Å². The number of carboxylic acid groups (broad SMARTS) is 1. The van der Waals surface area contributed by atoms with Gasteiger partial charge in [-0.15, -0.1) is 0 Å². The summed E-state index contributed by atoms with van der Waals surface area (Å²) < 4.78 is 15.7. The fourth-order valence-electron chi connectivity index (χ4n) is 2.83. The van der Waals surface area contributed by atoms with Crippen LogP contribution in [0.4, 0.5) is 5.69 Å².